The van der Waals surface area contributed by atoms with Crippen LogP contribution in [0, 0.1) is 11.9 Å². The van der Waals surface area contributed by atoms with Gasteiger partial charge in [-0.15, -0.1) is 0 Å². The minimum atomic E-state index is -0.990. The molecule has 5 nitrogen and oxygen atoms in total. The first kappa shape index (κ1) is 22.6. The molecule has 1 saturated carbocycles. The molecule has 0 saturated heterocycles. The highest BCUT2D eigenvalue weighted by Gasteiger charge is 2.27. The molecule has 176 valence electrons. The Kier molecular flexibility index (Phi) is 6.19. The molecule has 0 unspecified atom stereocenters. The molecule has 1 aliphatic rings. The summed E-state index contributed by atoms with van der Waals surface area (Å²) in [7, 11) is 1.66. The van der Waals surface area contributed by atoms with Crippen LogP contribution in [0.15, 0.2) is 72.8 Å². The van der Waals surface area contributed by atoms with Gasteiger partial charge in [0.1, 0.15) is 5.75 Å². The summed E-state index contributed by atoms with van der Waals surface area (Å²) >= 11 is 0. The molecular weight excluding hydrogens is 443 g/mol. The Labute approximate surface area is 202 Å². The van der Waals surface area contributed by atoms with E-state index in [1.807, 2.05) is 54.6 Å². The van der Waals surface area contributed by atoms with Gasteiger partial charge in [0.15, 0.2) is 0 Å². The number of carboxylic acid groups (broad SMARTS) is 1. The molecule has 1 heterocycles. The number of benzene rings is 3. The molecule has 0 radical (unpaired) electrons. The van der Waals surface area contributed by atoms with Crippen LogP contribution in [0.5, 0.6) is 5.75 Å². The number of nitrogens with zero attached hydrogens (tertiary/aromatic N) is 1. The summed E-state index contributed by atoms with van der Waals surface area (Å²) in [4.78, 5) is 10.9. The number of fused-ring (bicyclic) bond motifs is 1. The van der Waals surface area contributed by atoms with Gasteiger partial charge in [-0.05, 0) is 82.5 Å². The van der Waals surface area contributed by atoms with Crippen LogP contribution in [0.4, 0.5) is 4.39 Å². The molecule has 3 aromatic carbocycles. The second kappa shape index (κ2) is 9.58. The fraction of sp³-hybridized carbons (Fsp3) is 0.172. The minimum Gasteiger partial charge on any atom is -0.497 e. The largest absolute Gasteiger partial charge is 0.497 e. The van der Waals surface area contributed by atoms with Gasteiger partial charge in [-0.2, -0.15) is 9.49 Å². The topological polar surface area (TPSA) is 75.2 Å². The first-order chi connectivity index (χ1) is 17.0. The summed E-state index contributed by atoms with van der Waals surface area (Å²) in [6, 6.07) is 21.5. The van der Waals surface area contributed by atoms with Gasteiger partial charge in [-0.1, -0.05) is 48.9 Å². The van der Waals surface area contributed by atoms with E-state index >= 15 is 0 Å². The lowest BCUT2D eigenvalue weighted by Gasteiger charge is -2.32. The minimum absolute atomic E-state index is 0.369. The number of ether oxygens (including phenoxy) is 1. The van der Waals surface area contributed by atoms with E-state index in [1.165, 1.54) is 12.0 Å². The third-order valence-electron chi connectivity index (χ3n) is 6.58. The van der Waals surface area contributed by atoms with Crippen molar-refractivity contribution in [2.75, 3.05) is 7.11 Å². The maximum atomic E-state index is 14.4. The summed E-state index contributed by atoms with van der Waals surface area (Å²) in [5.41, 5.74) is 6.55. The predicted octanol–water partition coefficient (Wildman–Crippen LogP) is 6.57. The van der Waals surface area contributed by atoms with Crippen LogP contribution in [0.25, 0.3) is 28.1 Å². The van der Waals surface area contributed by atoms with Crippen LogP contribution in [-0.2, 0) is 4.79 Å². The lowest BCUT2D eigenvalue weighted by atomic mass is 9.73. The van der Waals surface area contributed by atoms with E-state index in [-0.39, 0.29) is 0 Å². The maximum absolute atomic E-state index is 14.4. The van der Waals surface area contributed by atoms with Crippen LogP contribution < -0.4 is 4.74 Å². The smallest absolute Gasteiger partial charge is 0.328 e. The number of H-pyrrole nitrogens is 1. The summed E-state index contributed by atoms with van der Waals surface area (Å²) in [6.07, 6.45) is 6.02. The number of hydrogen-bond donors (Lipinski definition) is 2. The highest BCUT2D eigenvalue weighted by Crippen LogP contribution is 2.45. The standard InChI is InChI=1S/C29H25FN2O3/c1-35-23-7-3-6-21(16-23)27(19-4-2-5-19)28(20-11-8-18(9-12-20)10-15-26(33)34)22-13-14-25-24(17-22)29(30)32-31-25/h3,6-17,19H,2,4-5H2,1H3,(H,31,32)(H,33,34)/b15-10+,28-27+. The Morgan fingerprint density at radius 1 is 1.06 bits per heavy atom. The zero-order valence-electron chi connectivity index (χ0n) is 19.3. The number of aromatic nitrogens is 2. The van der Waals surface area contributed by atoms with E-state index in [0.29, 0.717) is 16.8 Å². The quantitative estimate of drug-likeness (QED) is 0.238. The lowest BCUT2D eigenvalue weighted by molar-refractivity contribution is -0.131. The number of halogens is 1. The first-order valence-electron chi connectivity index (χ1n) is 11.6. The van der Waals surface area contributed by atoms with Crippen molar-refractivity contribution in [3.8, 4) is 5.75 Å². The van der Waals surface area contributed by atoms with Gasteiger partial charge in [0.25, 0.3) is 0 Å². The fourth-order valence-electron chi connectivity index (χ4n) is 4.61. The Balaban J connectivity index is 1.74. The monoisotopic (exact) mass is 468 g/mol. The summed E-state index contributed by atoms with van der Waals surface area (Å²) in [5, 5.41) is 15.9. The molecule has 0 atom stereocenters. The van der Waals surface area contributed by atoms with Crippen molar-refractivity contribution in [2.45, 2.75) is 19.3 Å². The molecule has 1 aromatic heterocycles. The number of carboxylic acids is 1. The predicted molar refractivity (Wildman–Crippen MR) is 135 cm³/mol. The zero-order chi connectivity index (χ0) is 24.4. The number of hydrogen-bond acceptors (Lipinski definition) is 3. The van der Waals surface area contributed by atoms with Crippen LogP contribution >= 0.6 is 0 Å². The number of nitrogens with one attached hydrogen (secondary N) is 1. The first-order valence-corrected chi connectivity index (χ1v) is 11.6. The van der Waals surface area contributed by atoms with Crippen molar-refractivity contribution >= 4 is 34.1 Å². The third kappa shape index (κ3) is 4.60. The molecule has 0 amide bonds. The van der Waals surface area contributed by atoms with Gasteiger partial charge in [-0.25, -0.2) is 4.79 Å². The number of aliphatic carboxylic acids is 1. The molecule has 0 aliphatic heterocycles. The van der Waals surface area contributed by atoms with Gasteiger partial charge < -0.3 is 9.84 Å². The Morgan fingerprint density at radius 2 is 1.83 bits per heavy atom. The Morgan fingerprint density at radius 3 is 2.51 bits per heavy atom. The van der Waals surface area contributed by atoms with E-state index < -0.39 is 11.9 Å². The molecule has 1 fully saturated rings. The van der Waals surface area contributed by atoms with Crippen molar-refractivity contribution in [3.63, 3.8) is 0 Å². The highest BCUT2D eigenvalue weighted by atomic mass is 19.1. The number of carbonyl (C=O) groups is 1. The van der Waals surface area contributed by atoms with Crippen molar-refractivity contribution in [3.05, 3.63) is 101 Å². The van der Waals surface area contributed by atoms with Crippen molar-refractivity contribution < 1.29 is 19.0 Å². The Hall–Kier alpha value is -4.19. The van der Waals surface area contributed by atoms with Gasteiger partial charge in [0.2, 0.25) is 5.95 Å². The summed E-state index contributed by atoms with van der Waals surface area (Å²) in [6.45, 7) is 0. The van der Waals surface area contributed by atoms with E-state index in [4.69, 9.17) is 9.84 Å². The van der Waals surface area contributed by atoms with Gasteiger partial charge >= 0.3 is 5.97 Å². The molecule has 0 spiro atoms. The summed E-state index contributed by atoms with van der Waals surface area (Å²) in [5.74, 6) is -0.296. The maximum Gasteiger partial charge on any atom is 0.328 e. The van der Waals surface area contributed by atoms with E-state index in [9.17, 15) is 9.18 Å². The Bertz CT molecular complexity index is 1450. The van der Waals surface area contributed by atoms with E-state index in [2.05, 4.69) is 22.3 Å². The molecule has 1 aliphatic carbocycles. The second-order valence-corrected chi connectivity index (χ2v) is 8.71. The average molecular weight is 469 g/mol. The van der Waals surface area contributed by atoms with Crippen molar-refractivity contribution in [1.29, 1.82) is 0 Å². The SMILES string of the molecule is COc1cccc(/C(=C(\c2ccc(/C=C/C(=O)O)cc2)c2ccc3n[nH]c(F)c3c2)C2CCC2)c1. The second-order valence-electron chi connectivity index (χ2n) is 8.71. The zero-order valence-corrected chi connectivity index (χ0v) is 19.3. The molecule has 5 rings (SSSR count). The number of aromatic amines is 1. The lowest BCUT2D eigenvalue weighted by Crippen LogP contribution is -2.15. The van der Waals surface area contributed by atoms with Crippen molar-refractivity contribution in [2.24, 2.45) is 5.92 Å². The van der Waals surface area contributed by atoms with Crippen LogP contribution in [-0.4, -0.2) is 28.4 Å². The van der Waals surface area contributed by atoms with Crippen molar-refractivity contribution in [1.82, 2.24) is 10.2 Å². The molecule has 35 heavy (non-hydrogen) atoms. The fourth-order valence-corrected chi connectivity index (χ4v) is 4.61. The number of methoxy groups -OCH3 is 1. The van der Waals surface area contributed by atoms with Gasteiger partial charge in [-0.3, -0.25) is 5.10 Å². The average Bonchev–Trinajstić information content (AvgIpc) is 3.22. The van der Waals surface area contributed by atoms with Gasteiger partial charge in [0.05, 0.1) is 18.0 Å². The van der Waals surface area contributed by atoms with E-state index in [0.717, 1.165) is 52.5 Å². The molecule has 4 aromatic rings. The van der Waals surface area contributed by atoms with Gasteiger partial charge in [0, 0.05) is 6.08 Å². The molecule has 6 heteroatoms. The molecular formula is C29H25FN2O3. The summed E-state index contributed by atoms with van der Waals surface area (Å²) < 4.78 is 20.0. The van der Waals surface area contributed by atoms with Crippen LogP contribution in [0.1, 0.15) is 41.5 Å². The van der Waals surface area contributed by atoms with E-state index in [1.54, 1.807) is 13.2 Å². The normalized spacial score (nSPS) is 14.7. The van der Waals surface area contributed by atoms with Crippen LogP contribution in [0.2, 0.25) is 0 Å². The molecule has 2 N–H and O–H groups in total. The number of rotatable bonds is 7. The number of allylic oxidation sites excluding steroid dienone is 1. The van der Waals surface area contributed by atoms with Crippen LogP contribution in [0.3, 0.4) is 0 Å². The molecule has 0 bridgehead atoms. The highest BCUT2D eigenvalue weighted by molar-refractivity contribution is 6.01. The third-order valence-corrected chi connectivity index (χ3v) is 6.58.